The fourth-order valence-electron chi connectivity index (χ4n) is 1.60. The van der Waals surface area contributed by atoms with Gasteiger partial charge in [0.05, 0.1) is 0 Å². The molecule has 0 aliphatic heterocycles. The lowest BCUT2D eigenvalue weighted by atomic mass is 10.0. The molecule has 0 aliphatic carbocycles. The second-order valence-corrected chi connectivity index (χ2v) is 5.95. The van der Waals surface area contributed by atoms with Gasteiger partial charge in [0.25, 0.3) is 0 Å². The van der Waals surface area contributed by atoms with Crippen LogP contribution < -0.4 is 0 Å². The molecule has 17 heavy (non-hydrogen) atoms. The van der Waals surface area contributed by atoms with Crippen molar-refractivity contribution < 1.29 is 4.79 Å². The summed E-state index contributed by atoms with van der Waals surface area (Å²) in [6.07, 6.45) is 0. The lowest BCUT2D eigenvalue weighted by Gasteiger charge is -2.05. The molecule has 2 aromatic carbocycles. The second kappa shape index (κ2) is 5.31. The first-order chi connectivity index (χ1) is 8.06. The summed E-state index contributed by atoms with van der Waals surface area (Å²) < 4.78 is 2.13. The first-order valence-electron chi connectivity index (χ1n) is 5.14. The molecule has 2 rings (SSSR count). The van der Waals surface area contributed by atoms with Gasteiger partial charge in [0.15, 0.2) is 5.78 Å². The van der Waals surface area contributed by atoms with Crippen molar-refractivity contribution in [3.05, 3.63) is 56.1 Å². The lowest BCUT2D eigenvalue weighted by molar-refractivity contribution is 0.101. The molecule has 0 spiro atoms. The average molecular weight is 401 g/mol. The third-order valence-electron chi connectivity index (χ3n) is 2.48. The van der Waals surface area contributed by atoms with Crippen LogP contribution in [-0.4, -0.2) is 5.78 Å². The molecule has 0 aliphatic rings. The van der Waals surface area contributed by atoms with Gasteiger partial charge in [-0.2, -0.15) is 0 Å². The van der Waals surface area contributed by atoms with Crippen LogP contribution in [-0.2, 0) is 0 Å². The Morgan fingerprint density at radius 3 is 2.29 bits per heavy atom. The molecule has 0 unspecified atom stereocenters. The SMILES string of the molecule is CC(=O)c1cc(I)cc(-c2ccc(Br)cc2)c1. The van der Waals surface area contributed by atoms with Gasteiger partial charge in [0.2, 0.25) is 0 Å². The van der Waals surface area contributed by atoms with Crippen molar-refractivity contribution in [2.45, 2.75) is 6.92 Å². The minimum atomic E-state index is 0.0990. The highest BCUT2D eigenvalue weighted by Gasteiger charge is 2.05. The summed E-state index contributed by atoms with van der Waals surface area (Å²) in [5.74, 6) is 0.0990. The number of carbonyl (C=O) groups excluding carboxylic acids is 1. The summed E-state index contributed by atoms with van der Waals surface area (Å²) in [7, 11) is 0. The lowest BCUT2D eigenvalue weighted by Crippen LogP contribution is -1.93. The number of Topliss-reactive ketones (excluding diaryl/α,β-unsaturated/α-hetero) is 1. The Labute approximate surface area is 123 Å². The van der Waals surface area contributed by atoms with Gasteiger partial charge in [-0.05, 0) is 71.0 Å². The molecule has 0 radical (unpaired) electrons. The van der Waals surface area contributed by atoms with Crippen LogP contribution in [0.15, 0.2) is 46.9 Å². The fraction of sp³-hybridized carbons (Fsp3) is 0.0714. The number of hydrogen-bond donors (Lipinski definition) is 0. The number of carbonyl (C=O) groups is 1. The summed E-state index contributed by atoms with van der Waals surface area (Å²) >= 11 is 5.65. The highest BCUT2D eigenvalue weighted by molar-refractivity contribution is 14.1. The second-order valence-electron chi connectivity index (χ2n) is 3.79. The van der Waals surface area contributed by atoms with Crippen molar-refractivity contribution >= 4 is 44.3 Å². The Morgan fingerprint density at radius 2 is 1.71 bits per heavy atom. The average Bonchev–Trinajstić information content (AvgIpc) is 2.29. The molecule has 0 amide bonds. The molecule has 0 heterocycles. The highest BCUT2D eigenvalue weighted by atomic mass is 127. The van der Waals surface area contributed by atoms with E-state index in [1.165, 1.54) is 0 Å². The molecule has 0 atom stereocenters. The fourth-order valence-corrected chi connectivity index (χ4v) is 2.54. The van der Waals surface area contributed by atoms with E-state index in [1.54, 1.807) is 6.92 Å². The maximum atomic E-state index is 11.4. The highest BCUT2D eigenvalue weighted by Crippen LogP contribution is 2.25. The Kier molecular flexibility index (Phi) is 3.99. The summed E-state index contributed by atoms with van der Waals surface area (Å²) in [4.78, 5) is 11.4. The molecule has 2 aromatic rings. The quantitative estimate of drug-likeness (QED) is 0.516. The van der Waals surface area contributed by atoms with E-state index in [0.29, 0.717) is 0 Å². The van der Waals surface area contributed by atoms with Gasteiger partial charge in [-0.25, -0.2) is 0 Å². The minimum absolute atomic E-state index is 0.0990. The van der Waals surface area contributed by atoms with Crippen LogP contribution in [0.25, 0.3) is 11.1 Å². The summed E-state index contributed by atoms with van der Waals surface area (Å²) in [6.45, 7) is 1.59. The predicted octanol–water partition coefficient (Wildman–Crippen LogP) is 4.92. The van der Waals surface area contributed by atoms with Gasteiger partial charge in [-0.3, -0.25) is 4.79 Å². The van der Waals surface area contributed by atoms with Crippen LogP contribution in [0.3, 0.4) is 0 Å². The zero-order valence-corrected chi connectivity index (χ0v) is 12.9. The maximum Gasteiger partial charge on any atom is 0.159 e. The molecular formula is C14H10BrIO. The van der Waals surface area contributed by atoms with Crippen molar-refractivity contribution in [3.63, 3.8) is 0 Å². The van der Waals surface area contributed by atoms with Gasteiger partial charge in [-0.15, -0.1) is 0 Å². The van der Waals surface area contributed by atoms with Gasteiger partial charge >= 0.3 is 0 Å². The molecule has 0 saturated heterocycles. The number of hydrogen-bond acceptors (Lipinski definition) is 1. The summed E-state index contributed by atoms with van der Waals surface area (Å²) in [5, 5.41) is 0. The minimum Gasteiger partial charge on any atom is -0.295 e. The van der Waals surface area contributed by atoms with E-state index in [0.717, 1.165) is 24.7 Å². The third-order valence-corrected chi connectivity index (χ3v) is 3.63. The van der Waals surface area contributed by atoms with Gasteiger partial charge in [0.1, 0.15) is 0 Å². The maximum absolute atomic E-state index is 11.4. The van der Waals surface area contributed by atoms with Crippen LogP contribution in [0.5, 0.6) is 0 Å². The molecular weight excluding hydrogens is 391 g/mol. The number of benzene rings is 2. The summed E-state index contributed by atoms with van der Waals surface area (Å²) in [5.41, 5.74) is 2.96. The molecule has 0 bridgehead atoms. The van der Waals surface area contributed by atoms with E-state index < -0.39 is 0 Å². The number of rotatable bonds is 2. The zero-order valence-electron chi connectivity index (χ0n) is 9.21. The molecule has 0 saturated carbocycles. The van der Waals surface area contributed by atoms with Crippen LogP contribution in [0.1, 0.15) is 17.3 Å². The van der Waals surface area contributed by atoms with Crippen molar-refractivity contribution in [2.24, 2.45) is 0 Å². The molecule has 0 aromatic heterocycles. The first kappa shape index (κ1) is 12.8. The van der Waals surface area contributed by atoms with Crippen LogP contribution in [0, 0.1) is 3.57 Å². The van der Waals surface area contributed by atoms with E-state index in [-0.39, 0.29) is 5.78 Å². The number of halogens is 2. The van der Waals surface area contributed by atoms with Crippen LogP contribution in [0.2, 0.25) is 0 Å². The van der Waals surface area contributed by atoms with Crippen molar-refractivity contribution in [3.8, 4) is 11.1 Å². The predicted molar refractivity (Wildman–Crippen MR) is 82.3 cm³/mol. The molecule has 1 nitrogen and oxygen atoms in total. The zero-order chi connectivity index (χ0) is 12.4. The third kappa shape index (κ3) is 3.16. The van der Waals surface area contributed by atoms with Crippen molar-refractivity contribution in [1.82, 2.24) is 0 Å². The van der Waals surface area contributed by atoms with Gasteiger partial charge in [-0.1, -0.05) is 28.1 Å². The van der Waals surface area contributed by atoms with Crippen molar-refractivity contribution in [1.29, 1.82) is 0 Å². The Balaban J connectivity index is 2.51. The van der Waals surface area contributed by atoms with E-state index in [4.69, 9.17) is 0 Å². The largest absolute Gasteiger partial charge is 0.295 e. The Bertz CT molecular complexity index is 561. The first-order valence-corrected chi connectivity index (χ1v) is 7.01. The molecule has 0 fully saturated rings. The molecule has 86 valence electrons. The number of ketones is 1. The normalized spacial score (nSPS) is 10.3. The van der Waals surface area contributed by atoms with Gasteiger partial charge < -0.3 is 0 Å². The van der Waals surface area contributed by atoms with E-state index in [1.807, 2.05) is 36.4 Å². The van der Waals surface area contributed by atoms with E-state index >= 15 is 0 Å². The Morgan fingerprint density at radius 1 is 1.06 bits per heavy atom. The van der Waals surface area contributed by atoms with Crippen LogP contribution >= 0.6 is 38.5 Å². The van der Waals surface area contributed by atoms with Crippen LogP contribution in [0.4, 0.5) is 0 Å². The standard InChI is InChI=1S/C14H10BrIO/c1-9(17)11-6-12(8-14(16)7-11)10-2-4-13(15)5-3-10/h2-8H,1H3. The van der Waals surface area contributed by atoms with Crippen molar-refractivity contribution in [2.75, 3.05) is 0 Å². The monoisotopic (exact) mass is 400 g/mol. The smallest absolute Gasteiger partial charge is 0.159 e. The molecule has 0 N–H and O–H groups in total. The van der Waals surface area contributed by atoms with Gasteiger partial charge in [0, 0.05) is 13.6 Å². The van der Waals surface area contributed by atoms with E-state index in [2.05, 4.69) is 44.6 Å². The topological polar surface area (TPSA) is 17.1 Å². The summed E-state index contributed by atoms with van der Waals surface area (Å²) in [6, 6.07) is 14.0. The molecule has 3 heteroatoms. The Hall–Kier alpha value is -0.680. The van der Waals surface area contributed by atoms with E-state index in [9.17, 15) is 4.79 Å².